The van der Waals surface area contributed by atoms with E-state index in [1.54, 1.807) is 24.3 Å². The number of hydrogen-bond donors (Lipinski definition) is 1. The van der Waals surface area contributed by atoms with Gasteiger partial charge in [-0.2, -0.15) is 13.2 Å². The molecule has 19 heavy (non-hydrogen) atoms. The second kappa shape index (κ2) is 5.05. The second-order valence-corrected chi connectivity index (χ2v) is 4.28. The SMILES string of the molecule is CN(CC(F)(F)F)c1ncc(CO)c2ccccc12. The summed E-state index contributed by atoms with van der Waals surface area (Å²) in [6.45, 7) is -1.26. The second-order valence-electron chi connectivity index (χ2n) is 4.28. The molecule has 0 atom stereocenters. The molecule has 3 nitrogen and oxygen atoms in total. The van der Waals surface area contributed by atoms with Gasteiger partial charge in [-0.25, -0.2) is 4.98 Å². The summed E-state index contributed by atoms with van der Waals surface area (Å²) in [5, 5.41) is 10.5. The maximum atomic E-state index is 12.4. The topological polar surface area (TPSA) is 36.4 Å². The van der Waals surface area contributed by atoms with Crippen LogP contribution in [0.25, 0.3) is 10.8 Å². The lowest BCUT2D eigenvalue weighted by atomic mass is 10.1. The predicted molar refractivity (Wildman–Crippen MR) is 67.0 cm³/mol. The summed E-state index contributed by atoms with van der Waals surface area (Å²) in [5.74, 6) is 0.255. The van der Waals surface area contributed by atoms with Gasteiger partial charge in [-0.05, 0) is 5.39 Å². The third kappa shape index (κ3) is 2.96. The molecule has 102 valence electrons. The van der Waals surface area contributed by atoms with Crippen LogP contribution in [-0.4, -0.2) is 29.9 Å². The Morgan fingerprint density at radius 1 is 1.21 bits per heavy atom. The number of fused-ring (bicyclic) bond motifs is 1. The molecule has 0 unspecified atom stereocenters. The molecular weight excluding hydrogens is 257 g/mol. The molecule has 2 aromatic rings. The van der Waals surface area contributed by atoms with Crippen molar-refractivity contribution in [2.75, 3.05) is 18.5 Å². The van der Waals surface area contributed by atoms with Crippen molar-refractivity contribution in [2.45, 2.75) is 12.8 Å². The minimum absolute atomic E-state index is 0.198. The molecule has 0 fully saturated rings. The minimum atomic E-state index is -4.28. The van der Waals surface area contributed by atoms with Crippen LogP contribution in [0, 0.1) is 0 Å². The van der Waals surface area contributed by atoms with Gasteiger partial charge in [-0.3, -0.25) is 0 Å². The Kier molecular flexibility index (Phi) is 3.61. The van der Waals surface area contributed by atoms with Gasteiger partial charge in [0.25, 0.3) is 0 Å². The van der Waals surface area contributed by atoms with Crippen LogP contribution in [-0.2, 0) is 6.61 Å². The first kappa shape index (κ1) is 13.6. The highest BCUT2D eigenvalue weighted by atomic mass is 19.4. The van der Waals surface area contributed by atoms with E-state index in [1.807, 2.05) is 0 Å². The first-order valence-corrected chi connectivity index (χ1v) is 5.68. The Morgan fingerprint density at radius 3 is 2.42 bits per heavy atom. The van der Waals surface area contributed by atoms with Gasteiger partial charge in [0, 0.05) is 24.2 Å². The molecule has 0 amide bonds. The minimum Gasteiger partial charge on any atom is -0.392 e. The van der Waals surface area contributed by atoms with Gasteiger partial charge in [0.2, 0.25) is 0 Å². The van der Waals surface area contributed by atoms with E-state index < -0.39 is 12.7 Å². The monoisotopic (exact) mass is 270 g/mol. The van der Waals surface area contributed by atoms with Crippen molar-refractivity contribution >= 4 is 16.6 Å². The van der Waals surface area contributed by atoms with Crippen LogP contribution in [0.2, 0.25) is 0 Å². The van der Waals surface area contributed by atoms with E-state index in [0.29, 0.717) is 16.3 Å². The fourth-order valence-corrected chi connectivity index (χ4v) is 2.01. The van der Waals surface area contributed by atoms with Gasteiger partial charge >= 0.3 is 6.18 Å². The molecular formula is C13H13F3N2O. The van der Waals surface area contributed by atoms with E-state index in [-0.39, 0.29) is 12.4 Å². The number of hydrogen-bond acceptors (Lipinski definition) is 3. The van der Waals surface area contributed by atoms with E-state index in [0.717, 1.165) is 4.90 Å². The first-order valence-electron chi connectivity index (χ1n) is 5.68. The predicted octanol–water partition coefficient (Wildman–Crippen LogP) is 2.73. The van der Waals surface area contributed by atoms with Gasteiger partial charge < -0.3 is 10.0 Å². The summed E-state index contributed by atoms with van der Waals surface area (Å²) in [6.07, 6.45) is -2.88. The lowest BCUT2D eigenvalue weighted by molar-refractivity contribution is -0.119. The molecule has 2 rings (SSSR count). The zero-order chi connectivity index (χ0) is 14.0. The van der Waals surface area contributed by atoms with E-state index in [1.165, 1.54) is 13.2 Å². The average molecular weight is 270 g/mol. The molecule has 0 radical (unpaired) electrons. The van der Waals surface area contributed by atoms with Gasteiger partial charge in [0.1, 0.15) is 12.4 Å². The molecule has 6 heteroatoms. The van der Waals surface area contributed by atoms with Crippen molar-refractivity contribution in [1.29, 1.82) is 0 Å². The molecule has 0 saturated carbocycles. The van der Waals surface area contributed by atoms with E-state index in [4.69, 9.17) is 0 Å². The summed E-state index contributed by atoms with van der Waals surface area (Å²) in [5.41, 5.74) is 0.597. The van der Waals surface area contributed by atoms with Gasteiger partial charge in [0.05, 0.1) is 6.61 Å². The van der Waals surface area contributed by atoms with Crippen LogP contribution in [0.4, 0.5) is 19.0 Å². The van der Waals surface area contributed by atoms with Crippen LogP contribution in [0.1, 0.15) is 5.56 Å². The number of halogens is 3. The Morgan fingerprint density at radius 2 is 1.84 bits per heavy atom. The van der Waals surface area contributed by atoms with Gasteiger partial charge in [-0.1, -0.05) is 24.3 Å². The standard InChI is InChI=1S/C13H13F3N2O/c1-18(8-13(14,15)16)12-11-5-3-2-4-10(11)9(7-19)6-17-12/h2-6,19H,7-8H2,1H3. The number of aromatic nitrogens is 1. The Hall–Kier alpha value is -1.82. The number of aliphatic hydroxyl groups excluding tert-OH is 1. The first-order chi connectivity index (χ1) is 8.92. The molecule has 0 aliphatic heterocycles. The van der Waals surface area contributed by atoms with Crippen molar-refractivity contribution in [1.82, 2.24) is 4.98 Å². The fourth-order valence-electron chi connectivity index (χ4n) is 2.01. The summed E-state index contributed by atoms with van der Waals surface area (Å²) in [4.78, 5) is 5.09. The normalized spacial score (nSPS) is 11.8. The van der Waals surface area contributed by atoms with Gasteiger partial charge in [0.15, 0.2) is 0 Å². The molecule has 0 spiro atoms. The highest BCUT2D eigenvalue weighted by Gasteiger charge is 2.30. The molecule has 1 aromatic heterocycles. The maximum absolute atomic E-state index is 12.4. The van der Waals surface area contributed by atoms with E-state index in [2.05, 4.69) is 4.98 Å². The van der Waals surface area contributed by atoms with E-state index >= 15 is 0 Å². The molecule has 0 aliphatic rings. The lowest BCUT2D eigenvalue weighted by Gasteiger charge is -2.22. The van der Waals surface area contributed by atoms with Crippen molar-refractivity contribution in [3.05, 3.63) is 36.0 Å². The van der Waals surface area contributed by atoms with Gasteiger partial charge in [-0.15, -0.1) is 0 Å². The smallest absolute Gasteiger partial charge is 0.392 e. The lowest BCUT2D eigenvalue weighted by Crippen LogP contribution is -2.31. The number of anilines is 1. The van der Waals surface area contributed by atoms with Crippen molar-refractivity contribution < 1.29 is 18.3 Å². The fraction of sp³-hybridized carbons (Fsp3) is 0.308. The average Bonchev–Trinajstić information content (AvgIpc) is 2.35. The number of alkyl halides is 3. The van der Waals surface area contributed by atoms with Crippen LogP contribution < -0.4 is 4.90 Å². The van der Waals surface area contributed by atoms with Crippen LogP contribution >= 0.6 is 0 Å². The molecule has 1 heterocycles. The van der Waals surface area contributed by atoms with Crippen molar-refractivity contribution in [2.24, 2.45) is 0 Å². The number of aliphatic hydroxyl groups is 1. The Balaban J connectivity index is 2.50. The summed E-state index contributed by atoms with van der Waals surface area (Å²) in [7, 11) is 1.35. The van der Waals surface area contributed by atoms with Crippen LogP contribution in [0.15, 0.2) is 30.5 Å². The third-order valence-electron chi connectivity index (χ3n) is 2.80. The maximum Gasteiger partial charge on any atom is 0.405 e. The highest BCUT2D eigenvalue weighted by Crippen LogP contribution is 2.28. The summed E-state index contributed by atoms with van der Waals surface area (Å²) < 4.78 is 37.3. The molecule has 0 aliphatic carbocycles. The van der Waals surface area contributed by atoms with E-state index in [9.17, 15) is 18.3 Å². The highest BCUT2D eigenvalue weighted by molar-refractivity contribution is 5.94. The van der Waals surface area contributed by atoms with Crippen molar-refractivity contribution in [3.8, 4) is 0 Å². The van der Waals surface area contributed by atoms with Crippen LogP contribution in [0.5, 0.6) is 0 Å². The molecule has 0 bridgehead atoms. The number of nitrogens with zero attached hydrogens (tertiary/aromatic N) is 2. The molecule has 1 N–H and O–H groups in total. The number of benzene rings is 1. The Bertz CT molecular complexity index is 584. The molecule has 1 aromatic carbocycles. The van der Waals surface area contributed by atoms with Crippen LogP contribution in [0.3, 0.4) is 0 Å². The number of pyridine rings is 1. The quantitative estimate of drug-likeness (QED) is 0.931. The summed E-state index contributed by atoms with van der Waals surface area (Å²) in [6, 6.07) is 6.96. The zero-order valence-electron chi connectivity index (χ0n) is 10.3. The largest absolute Gasteiger partial charge is 0.405 e. The Labute approximate surface area is 108 Å². The zero-order valence-corrected chi connectivity index (χ0v) is 10.3. The van der Waals surface area contributed by atoms with Crippen molar-refractivity contribution in [3.63, 3.8) is 0 Å². The summed E-state index contributed by atoms with van der Waals surface area (Å²) >= 11 is 0. The molecule has 0 saturated heterocycles. The third-order valence-corrected chi connectivity index (χ3v) is 2.80. The number of rotatable bonds is 3.